The molecule has 11 heteroatoms. The molecule has 184 valence electrons. The largest absolute Gasteiger partial charge is 0.369 e. The maximum atomic E-state index is 14.9. The van der Waals surface area contributed by atoms with E-state index in [1.165, 1.54) is 22.9 Å². The highest BCUT2D eigenvalue weighted by molar-refractivity contribution is 7.89. The number of carbonyl (C=O) groups is 1. The van der Waals surface area contributed by atoms with Crippen molar-refractivity contribution in [2.45, 2.75) is 26.1 Å². The standard InChI is InChI=1S/C24H22F3N3O4S/c1-3-13-10-17-20(11-19(13)27)30(12-14-9-15(25)6-7-18(14)26)22(24(32)29-35(2,33)34)21(17)16-5-4-8-28-23(16)31/h4-11,23,28,31H,3,12H2,1-2H3,(H,29,32). The fraction of sp³-hybridized carbons (Fsp3) is 0.208. The Bertz CT molecular complexity index is 1510. The number of allylic oxidation sites excluding steroid dienone is 2. The molecule has 3 aromatic rings. The van der Waals surface area contributed by atoms with Crippen molar-refractivity contribution in [2.75, 3.05) is 6.26 Å². The molecule has 0 spiro atoms. The summed E-state index contributed by atoms with van der Waals surface area (Å²) in [5.41, 5.74) is 0.402. The van der Waals surface area contributed by atoms with Gasteiger partial charge in [-0.25, -0.2) is 26.3 Å². The van der Waals surface area contributed by atoms with Crippen molar-refractivity contribution in [3.63, 3.8) is 0 Å². The number of aryl methyl sites for hydroxylation is 1. The quantitative estimate of drug-likeness (QED) is 0.478. The van der Waals surface area contributed by atoms with Gasteiger partial charge < -0.3 is 15.0 Å². The number of hydrogen-bond donors (Lipinski definition) is 3. The van der Waals surface area contributed by atoms with E-state index in [0.29, 0.717) is 17.4 Å². The predicted octanol–water partition coefficient (Wildman–Crippen LogP) is 3.18. The number of halogens is 3. The number of dihydropyridines is 1. The molecular weight excluding hydrogens is 483 g/mol. The Hall–Kier alpha value is -3.57. The van der Waals surface area contributed by atoms with E-state index >= 15 is 0 Å². The van der Waals surface area contributed by atoms with Crippen LogP contribution < -0.4 is 10.0 Å². The summed E-state index contributed by atoms with van der Waals surface area (Å²) < 4.78 is 70.3. The van der Waals surface area contributed by atoms with Crippen LogP contribution in [-0.2, 0) is 23.0 Å². The average Bonchev–Trinajstić information content (AvgIpc) is 3.07. The van der Waals surface area contributed by atoms with Crippen molar-refractivity contribution in [3.05, 3.63) is 88.5 Å². The molecule has 1 aromatic heterocycles. The number of benzene rings is 2. The van der Waals surface area contributed by atoms with Gasteiger partial charge in [-0.1, -0.05) is 13.0 Å². The number of rotatable bonds is 6. The summed E-state index contributed by atoms with van der Waals surface area (Å²) in [4.78, 5) is 13.3. The van der Waals surface area contributed by atoms with Gasteiger partial charge >= 0.3 is 0 Å². The lowest BCUT2D eigenvalue weighted by atomic mass is 9.97. The SMILES string of the molecule is CCc1cc2c(C3=CC=CNC3O)c(C(=O)NS(C)(=O)=O)n(Cc3cc(F)ccc3F)c2cc1F. The minimum Gasteiger partial charge on any atom is -0.369 e. The third-order valence-corrected chi connectivity index (χ3v) is 6.21. The lowest BCUT2D eigenvalue weighted by molar-refractivity contribution is 0.0973. The van der Waals surface area contributed by atoms with Gasteiger partial charge in [0.05, 0.1) is 18.3 Å². The Morgan fingerprint density at radius 1 is 1.14 bits per heavy atom. The van der Waals surface area contributed by atoms with Crippen molar-refractivity contribution >= 4 is 32.4 Å². The molecule has 1 atom stereocenters. The summed E-state index contributed by atoms with van der Waals surface area (Å²) in [6.45, 7) is 1.32. The monoisotopic (exact) mass is 505 g/mol. The third kappa shape index (κ3) is 4.82. The second kappa shape index (κ2) is 9.23. The van der Waals surface area contributed by atoms with Crippen LogP contribution in [0.5, 0.6) is 0 Å². The molecule has 0 radical (unpaired) electrons. The van der Waals surface area contributed by atoms with E-state index < -0.39 is 46.2 Å². The molecular formula is C24H22F3N3O4S. The molecule has 3 N–H and O–H groups in total. The van der Waals surface area contributed by atoms with Gasteiger partial charge in [-0.2, -0.15) is 0 Å². The fourth-order valence-corrected chi connectivity index (χ4v) is 4.56. The number of nitrogens with one attached hydrogen (secondary N) is 2. The van der Waals surface area contributed by atoms with Crippen LogP contribution in [0.25, 0.3) is 16.5 Å². The van der Waals surface area contributed by atoms with Crippen molar-refractivity contribution in [3.8, 4) is 0 Å². The van der Waals surface area contributed by atoms with Gasteiger partial charge in [-0.15, -0.1) is 0 Å². The molecule has 0 saturated heterocycles. The predicted molar refractivity (Wildman–Crippen MR) is 125 cm³/mol. The summed E-state index contributed by atoms with van der Waals surface area (Å²) in [5.74, 6) is -3.15. The normalized spacial score (nSPS) is 15.7. The number of sulfonamides is 1. The minimum atomic E-state index is -4.03. The number of aromatic nitrogens is 1. The lowest BCUT2D eigenvalue weighted by Gasteiger charge is -2.20. The van der Waals surface area contributed by atoms with Crippen LogP contribution in [0.4, 0.5) is 13.2 Å². The van der Waals surface area contributed by atoms with Gasteiger partial charge in [-0.3, -0.25) is 4.79 Å². The van der Waals surface area contributed by atoms with Gasteiger partial charge in [0.25, 0.3) is 5.91 Å². The van der Waals surface area contributed by atoms with Crippen molar-refractivity contribution in [1.29, 1.82) is 0 Å². The second-order valence-corrected chi connectivity index (χ2v) is 9.86. The van der Waals surface area contributed by atoms with Crippen molar-refractivity contribution < 1.29 is 31.5 Å². The van der Waals surface area contributed by atoms with Gasteiger partial charge in [0.2, 0.25) is 10.0 Å². The van der Waals surface area contributed by atoms with Crippen LogP contribution in [0.15, 0.2) is 48.7 Å². The smallest absolute Gasteiger partial charge is 0.282 e. The molecule has 0 bridgehead atoms. The van der Waals surface area contributed by atoms with Crippen LogP contribution in [0.1, 0.15) is 34.1 Å². The summed E-state index contributed by atoms with van der Waals surface area (Å²) in [6.07, 6.45) is 4.40. The zero-order valence-electron chi connectivity index (χ0n) is 18.8. The van der Waals surface area contributed by atoms with Gasteiger partial charge in [0.15, 0.2) is 6.23 Å². The van der Waals surface area contributed by atoms with Crippen LogP contribution in [0.3, 0.4) is 0 Å². The number of nitrogens with zero attached hydrogens (tertiary/aromatic N) is 1. The van der Waals surface area contributed by atoms with E-state index in [9.17, 15) is 31.5 Å². The Kier molecular flexibility index (Phi) is 6.48. The number of aliphatic hydroxyl groups is 1. The molecule has 4 rings (SSSR count). The van der Waals surface area contributed by atoms with E-state index in [4.69, 9.17) is 0 Å². The number of amides is 1. The van der Waals surface area contributed by atoms with Crippen molar-refractivity contribution in [1.82, 2.24) is 14.6 Å². The van der Waals surface area contributed by atoms with E-state index in [0.717, 1.165) is 30.5 Å². The lowest BCUT2D eigenvalue weighted by Crippen LogP contribution is -2.33. The van der Waals surface area contributed by atoms with E-state index in [2.05, 4.69) is 5.32 Å². The van der Waals surface area contributed by atoms with Crippen LogP contribution in [0, 0.1) is 17.5 Å². The molecule has 1 aliphatic heterocycles. The Balaban J connectivity index is 2.11. The van der Waals surface area contributed by atoms with Gasteiger partial charge in [-0.05, 0) is 54.6 Å². The summed E-state index contributed by atoms with van der Waals surface area (Å²) in [6, 6.07) is 5.46. The van der Waals surface area contributed by atoms with Crippen LogP contribution >= 0.6 is 0 Å². The highest BCUT2D eigenvalue weighted by Gasteiger charge is 2.30. The first-order valence-corrected chi connectivity index (χ1v) is 12.5. The number of fused-ring (bicyclic) bond motifs is 1. The van der Waals surface area contributed by atoms with Crippen LogP contribution in [0.2, 0.25) is 0 Å². The molecule has 2 aromatic carbocycles. The maximum absolute atomic E-state index is 14.9. The zero-order valence-corrected chi connectivity index (χ0v) is 19.6. The molecule has 35 heavy (non-hydrogen) atoms. The molecule has 1 amide bonds. The Morgan fingerprint density at radius 2 is 1.89 bits per heavy atom. The first-order chi connectivity index (χ1) is 16.5. The molecule has 1 aliphatic rings. The average molecular weight is 506 g/mol. The minimum absolute atomic E-state index is 0.136. The highest BCUT2D eigenvalue weighted by atomic mass is 32.2. The summed E-state index contributed by atoms with van der Waals surface area (Å²) in [7, 11) is -4.03. The molecule has 2 heterocycles. The second-order valence-electron chi connectivity index (χ2n) is 8.11. The van der Waals surface area contributed by atoms with Crippen molar-refractivity contribution in [2.24, 2.45) is 0 Å². The zero-order chi connectivity index (χ0) is 25.5. The van der Waals surface area contributed by atoms with E-state index in [1.807, 2.05) is 4.72 Å². The highest BCUT2D eigenvalue weighted by Crippen LogP contribution is 2.36. The first kappa shape index (κ1) is 24.6. The summed E-state index contributed by atoms with van der Waals surface area (Å²) >= 11 is 0. The fourth-order valence-electron chi connectivity index (χ4n) is 4.13. The maximum Gasteiger partial charge on any atom is 0.282 e. The van der Waals surface area contributed by atoms with E-state index in [1.54, 1.807) is 13.0 Å². The number of aliphatic hydroxyl groups excluding tert-OH is 1. The molecule has 0 saturated carbocycles. The third-order valence-electron chi connectivity index (χ3n) is 5.65. The Labute approximate surface area is 199 Å². The molecule has 0 fully saturated rings. The Morgan fingerprint density at radius 3 is 2.54 bits per heavy atom. The topological polar surface area (TPSA) is 100 Å². The van der Waals surface area contributed by atoms with Gasteiger partial charge in [0.1, 0.15) is 23.1 Å². The number of carbonyl (C=O) groups excluding carboxylic acids is 1. The van der Waals surface area contributed by atoms with Gasteiger partial charge in [0, 0.05) is 22.1 Å². The summed E-state index contributed by atoms with van der Waals surface area (Å²) in [5, 5.41) is 13.6. The molecule has 0 aliphatic carbocycles. The molecule has 1 unspecified atom stereocenters. The first-order valence-electron chi connectivity index (χ1n) is 10.6. The van der Waals surface area contributed by atoms with Crippen LogP contribution in [-0.4, -0.2) is 36.5 Å². The molecule has 7 nitrogen and oxygen atoms in total. The number of hydrogen-bond acceptors (Lipinski definition) is 5. The van der Waals surface area contributed by atoms with E-state index in [-0.39, 0.29) is 27.9 Å².